The van der Waals surface area contributed by atoms with Crippen molar-refractivity contribution in [2.75, 3.05) is 5.73 Å². The summed E-state index contributed by atoms with van der Waals surface area (Å²) in [6, 6.07) is 0.297. The zero-order valence-electron chi connectivity index (χ0n) is 7.41. The molecule has 12 heavy (non-hydrogen) atoms. The van der Waals surface area contributed by atoms with E-state index in [1.165, 1.54) is 0 Å². The number of nitrogen functional groups attached to an aromatic ring is 1. The summed E-state index contributed by atoms with van der Waals surface area (Å²) in [4.78, 5) is 4.05. The monoisotopic (exact) mass is 166 g/mol. The van der Waals surface area contributed by atoms with Gasteiger partial charge in [-0.25, -0.2) is 4.98 Å². The molecule has 0 aliphatic heterocycles. The third-order valence-corrected chi connectivity index (χ3v) is 1.69. The third kappa shape index (κ3) is 1.28. The molecule has 1 aromatic rings. The molecule has 0 spiro atoms. The summed E-state index contributed by atoms with van der Waals surface area (Å²) in [5.74, 6) is 0.581. The van der Waals surface area contributed by atoms with Crippen molar-refractivity contribution in [1.82, 2.24) is 9.55 Å². The lowest BCUT2D eigenvalue weighted by Gasteiger charge is -2.08. The smallest absolute Gasteiger partial charge is 0.133 e. The van der Waals surface area contributed by atoms with Crippen LogP contribution in [0.3, 0.4) is 0 Å². The molecule has 0 fully saturated rings. The lowest BCUT2D eigenvalue weighted by molar-refractivity contribution is 0.607. The zero-order chi connectivity index (χ0) is 9.30. The zero-order valence-corrected chi connectivity index (χ0v) is 7.41. The summed E-state index contributed by atoms with van der Waals surface area (Å²) < 4.78 is 1.85. The first-order valence-corrected chi connectivity index (χ1v) is 3.81. The number of hydrogen-bond donors (Lipinski definition) is 2. The Bertz CT molecular complexity index is 298. The van der Waals surface area contributed by atoms with Crippen molar-refractivity contribution in [1.29, 1.82) is 0 Å². The fourth-order valence-electron chi connectivity index (χ4n) is 1.03. The first-order valence-electron chi connectivity index (χ1n) is 3.81. The summed E-state index contributed by atoms with van der Waals surface area (Å²) in [6.45, 7) is 7.64. The highest BCUT2D eigenvalue weighted by molar-refractivity contribution is 5.66. The molecular formula is C8H14N4. The van der Waals surface area contributed by atoms with E-state index in [9.17, 15) is 0 Å². The van der Waals surface area contributed by atoms with Gasteiger partial charge in [0.15, 0.2) is 0 Å². The number of aromatic nitrogens is 2. The average molecular weight is 166 g/mol. The van der Waals surface area contributed by atoms with Crippen molar-refractivity contribution in [3.63, 3.8) is 0 Å². The van der Waals surface area contributed by atoms with Gasteiger partial charge in [-0.2, -0.15) is 0 Å². The van der Waals surface area contributed by atoms with E-state index in [0.717, 1.165) is 0 Å². The minimum absolute atomic E-state index is 0.297. The summed E-state index contributed by atoms with van der Waals surface area (Å²) in [7, 11) is 0. The first kappa shape index (κ1) is 8.64. The van der Waals surface area contributed by atoms with E-state index in [0.29, 0.717) is 23.3 Å². The van der Waals surface area contributed by atoms with Crippen molar-refractivity contribution in [2.45, 2.75) is 19.9 Å². The lowest BCUT2D eigenvalue weighted by Crippen LogP contribution is -2.06. The van der Waals surface area contributed by atoms with Gasteiger partial charge in [-0.1, -0.05) is 6.58 Å². The fourth-order valence-corrected chi connectivity index (χ4v) is 1.03. The van der Waals surface area contributed by atoms with Gasteiger partial charge in [0.05, 0.1) is 12.0 Å². The molecular weight excluding hydrogens is 152 g/mol. The van der Waals surface area contributed by atoms with Crippen molar-refractivity contribution in [3.05, 3.63) is 18.6 Å². The molecule has 0 atom stereocenters. The first-order chi connectivity index (χ1) is 5.54. The Balaban J connectivity index is 3.13. The van der Waals surface area contributed by atoms with Crippen LogP contribution < -0.4 is 11.5 Å². The van der Waals surface area contributed by atoms with Gasteiger partial charge in [-0.05, 0) is 13.8 Å². The quantitative estimate of drug-likeness (QED) is 0.688. The molecule has 4 nitrogen and oxygen atoms in total. The van der Waals surface area contributed by atoms with Crippen LogP contribution in [0, 0.1) is 0 Å². The van der Waals surface area contributed by atoms with E-state index in [1.807, 2.05) is 18.4 Å². The maximum atomic E-state index is 5.76. The molecule has 0 aliphatic rings. The summed E-state index contributed by atoms with van der Waals surface area (Å²) in [5.41, 5.74) is 12.2. The van der Waals surface area contributed by atoms with Gasteiger partial charge in [0.25, 0.3) is 0 Å². The standard InChI is InChI=1S/C8H14N4/c1-5(2)12-4-11-7(6(3)9)8(12)10/h4-5H,3,9-10H2,1-2H3. The van der Waals surface area contributed by atoms with Gasteiger partial charge < -0.3 is 16.0 Å². The number of rotatable bonds is 2. The molecule has 0 bridgehead atoms. The normalized spacial score (nSPS) is 10.6. The van der Waals surface area contributed by atoms with Crippen LogP contribution in [0.5, 0.6) is 0 Å². The van der Waals surface area contributed by atoms with E-state index in [2.05, 4.69) is 11.6 Å². The molecule has 0 unspecified atom stereocenters. The lowest BCUT2D eigenvalue weighted by atomic mass is 10.3. The Labute approximate surface area is 71.9 Å². The highest BCUT2D eigenvalue weighted by atomic mass is 15.1. The van der Waals surface area contributed by atoms with Gasteiger partial charge in [0, 0.05) is 6.04 Å². The summed E-state index contributed by atoms with van der Waals surface area (Å²) in [6.07, 6.45) is 1.67. The molecule has 1 rings (SSSR count). The van der Waals surface area contributed by atoms with Crippen molar-refractivity contribution in [2.24, 2.45) is 5.73 Å². The molecule has 0 amide bonds. The SMILES string of the molecule is C=C(N)c1ncn(C(C)C)c1N. The largest absolute Gasteiger partial charge is 0.397 e. The second-order valence-electron chi connectivity index (χ2n) is 3.00. The van der Waals surface area contributed by atoms with E-state index in [-0.39, 0.29) is 0 Å². The Morgan fingerprint density at radius 3 is 2.50 bits per heavy atom. The van der Waals surface area contributed by atoms with Gasteiger partial charge in [-0.3, -0.25) is 0 Å². The Morgan fingerprint density at radius 2 is 2.25 bits per heavy atom. The number of anilines is 1. The molecule has 0 aliphatic carbocycles. The van der Waals surface area contributed by atoms with Gasteiger partial charge in [-0.15, -0.1) is 0 Å². The van der Waals surface area contributed by atoms with Crippen LogP contribution >= 0.6 is 0 Å². The Kier molecular flexibility index (Phi) is 2.08. The number of imidazole rings is 1. The maximum absolute atomic E-state index is 5.76. The maximum Gasteiger partial charge on any atom is 0.133 e. The molecule has 0 aromatic carbocycles. The minimum Gasteiger partial charge on any atom is -0.397 e. The predicted octanol–water partition coefficient (Wildman–Crippen LogP) is 0.976. The summed E-state index contributed by atoms with van der Waals surface area (Å²) >= 11 is 0. The number of hydrogen-bond acceptors (Lipinski definition) is 3. The second-order valence-corrected chi connectivity index (χ2v) is 3.00. The predicted molar refractivity (Wildman–Crippen MR) is 50.2 cm³/mol. The molecule has 0 saturated carbocycles. The number of nitrogens with zero attached hydrogens (tertiary/aromatic N) is 2. The highest BCUT2D eigenvalue weighted by Crippen LogP contribution is 2.18. The average Bonchev–Trinajstić information content (AvgIpc) is 2.30. The van der Waals surface area contributed by atoms with Gasteiger partial charge >= 0.3 is 0 Å². The topological polar surface area (TPSA) is 69.9 Å². The second kappa shape index (κ2) is 2.89. The fraction of sp³-hybridized carbons (Fsp3) is 0.375. The van der Waals surface area contributed by atoms with Crippen molar-refractivity contribution >= 4 is 11.5 Å². The molecule has 0 radical (unpaired) electrons. The van der Waals surface area contributed by atoms with Gasteiger partial charge in [0.1, 0.15) is 11.5 Å². The van der Waals surface area contributed by atoms with Crippen LogP contribution in [-0.2, 0) is 0 Å². The van der Waals surface area contributed by atoms with Crippen LogP contribution in [0.1, 0.15) is 25.6 Å². The van der Waals surface area contributed by atoms with Crippen molar-refractivity contribution in [3.8, 4) is 0 Å². The molecule has 1 aromatic heterocycles. The van der Waals surface area contributed by atoms with Crippen LogP contribution in [0.25, 0.3) is 5.70 Å². The van der Waals surface area contributed by atoms with Gasteiger partial charge in [0.2, 0.25) is 0 Å². The molecule has 66 valence electrons. The molecule has 4 N–H and O–H groups in total. The minimum atomic E-state index is 0.297. The van der Waals surface area contributed by atoms with Crippen LogP contribution in [0.4, 0.5) is 5.82 Å². The summed E-state index contributed by atoms with van der Waals surface area (Å²) in [5, 5.41) is 0. The number of nitrogens with two attached hydrogens (primary N) is 2. The molecule has 4 heteroatoms. The Morgan fingerprint density at radius 1 is 1.67 bits per heavy atom. The molecule has 1 heterocycles. The third-order valence-electron chi connectivity index (χ3n) is 1.69. The molecule has 0 saturated heterocycles. The van der Waals surface area contributed by atoms with Crippen LogP contribution in [0.15, 0.2) is 12.9 Å². The highest BCUT2D eigenvalue weighted by Gasteiger charge is 2.09. The van der Waals surface area contributed by atoms with E-state index in [4.69, 9.17) is 11.5 Å². The van der Waals surface area contributed by atoms with Crippen LogP contribution in [0.2, 0.25) is 0 Å². The van der Waals surface area contributed by atoms with E-state index < -0.39 is 0 Å². The van der Waals surface area contributed by atoms with Crippen molar-refractivity contribution < 1.29 is 0 Å². The van der Waals surface area contributed by atoms with Crippen LogP contribution in [-0.4, -0.2) is 9.55 Å². The van der Waals surface area contributed by atoms with E-state index >= 15 is 0 Å². The Hall–Kier alpha value is -1.45. The van der Waals surface area contributed by atoms with E-state index in [1.54, 1.807) is 6.33 Å².